The summed E-state index contributed by atoms with van der Waals surface area (Å²) in [6.45, 7) is 5.36. The standard InChI is InChI=1S/C18H20Cl2N2O3S/c1-4-22(26(24,25)17-10-14(19)6-8-16(17)20)11-18(23)21-15-7-5-12(2)13(3)9-15/h5-10H,4,11H2,1-3H3,(H,21,23). The highest BCUT2D eigenvalue weighted by Gasteiger charge is 2.27. The van der Waals surface area contributed by atoms with Crippen molar-refractivity contribution >= 4 is 44.8 Å². The Labute approximate surface area is 164 Å². The molecule has 0 fully saturated rings. The number of anilines is 1. The first-order valence-electron chi connectivity index (χ1n) is 7.97. The average molecular weight is 415 g/mol. The zero-order valence-corrected chi connectivity index (χ0v) is 17.0. The zero-order valence-electron chi connectivity index (χ0n) is 14.7. The van der Waals surface area contributed by atoms with Gasteiger partial charge in [-0.3, -0.25) is 4.79 Å². The van der Waals surface area contributed by atoms with Crippen LogP contribution in [0.1, 0.15) is 18.1 Å². The predicted octanol–water partition coefficient (Wildman–Crippen LogP) is 4.26. The van der Waals surface area contributed by atoms with E-state index in [1.807, 2.05) is 26.0 Å². The van der Waals surface area contributed by atoms with E-state index in [0.717, 1.165) is 15.4 Å². The molecule has 0 saturated heterocycles. The minimum Gasteiger partial charge on any atom is -0.325 e. The summed E-state index contributed by atoms with van der Waals surface area (Å²) >= 11 is 11.9. The van der Waals surface area contributed by atoms with Crippen molar-refractivity contribution in [2.75, 3.05) is 18.4 Å². The number of benzene rings is 2. The van der Waals surface area contributed by atoms with E-state index < -0.39 is 15.9 Å². The molecule has 0 saturated carbocycles. The fourth-order valence-corrected chi connectivity index (χ4v) is 4.50. The third-order valence-corrected chi connectivity index (χ3v) is 6.61. The van der Waals surface area contributed by atoms with Crippen LogP contribution in [0.15, 0.2) is 41.3 Å². The SMILES string of the molecule is CCN(CC(=O)Nc1ccc(C)c(C)c1)S(=O)(=O)c1cc(Cl)ccc1Cl. The lowest BCUT2D eigenvalue weighted by atomic mass is 10.1. The molecule has 0 bridgehead atoms. The largest absolute Gasteiger partial charge is 0.325 e. The summed E-state index contributed by atoms with van der Waals surface area (Å²) in [6.07, 6.45) is 0. The van der Waals surface area contributed by atoms with E-state index in [-0.39, 0.29) is 28.0 Å². The molecule has 0 aliphatic carbocycles. The number of carbonyl (C=O) groups is 1. The number of nitrogens with one attached hydrogen (secondary N) is 1. The van der Waals surface area contributed by atoms with Gasteiger partial charge in [0.15, 0.2) is 0 Å². The summed E-state index contributed by atoms with van der Waals surface area (Å²) in [7, 11) is -3.95. The lowest BCUT2D eigenvalue weighted by Crippen LogP contribution is -2.38. The highest BCUT2D eigenvalue weighted by molar-refractivity contribution is 7.89. The topological polar surface area (TPSA) is 66.5 Å². The van der Waals surface area contributed by atoms with E-state index in [9.17, 15) is 13.2 Å². The molecular weight excluding hydrogens is 395 g/mol. The van der Waals surface area contributed by atoms with Gasteiger partial charge >= 0.3 is 0 Å². The van der Waals surface area contributed by atoms with E-state index in [2.05, 4.69) is 5.32 Å². The van der Waals surface area contributed by atoms with Gasteiger partial charge in [0.1, 0.15) is 4.90 Å². The fraction of sp³-hybridized carbons (Fsp3) is 0.278. The smallest absolute Gasteiger partial charge is 0.245 e. The Balaban J connectivity index is 2.20. The molecule has 140 valence electrons. The molecule has 0 radical (unpaired) electrons. The van der Waals surface area contributed by atoms with Crippen LogP contribution in [0.3, 0.4) is 0 Å². The Morgan fingerprint density at radius 3 is 2.38 bits per heavy atom. The van der Waals surface area contributed by atoms with Crippen LogP contribution in [-0.2, 0) is 14.8 Å². The van der Waals surface area contributed by atoms with Gasteiger partial charge < -0.3 is 5.32 Å². The molecule has 2 aromatic carbocycles. The second kappa shape index (κ2) is 8.39. The number of nitrogens with zero attached hydrogens (tertiary/aromatic N) is 1. The van der Waals surface area contributed by atoms with Gasteiger partial charge in [-0.2, -0.15) is 4.31 Å². The van der Waals surface area contributed by atoms with Crippen molar-refractivity contribution in [2.45, 2.75) is 25.7 Å². The Morgan fingerprint density at radius 2 is 1.77 bits per heavy atom. The maximum atomic E-state index is 12.8. The van der Waals surface area contributed by atoms with Gasteiger partial charge in [0.05, 0.1) is 11.6 Å². The number of likely N-dealkylation sites (N-methyl/N-ethyl adjacent to an activating group) is 1. The Morgan fingerprint density at radius 1 is 1.08 bits per heavy atom. The molecule has 2 aromatic rings. The number of hydrogen-bond acceptors (Lipinski definition) is 3. The lowest BCUT2D eigenvalue weighted by Gasteiger charge is -2.21. The molecule has 0 aliphatic heterocycles. The molecule has 2 rings (SSSR count). The third-order valence-electron chi connectivity index (χ3n) is 3.97. The van der Waals surface area contributed by atoms with E-state index in [1.54, 1.807) is 13.0 Å². The van der Waals surface area contributed by atoms with Crippen molar-refractivity contribution in [3.8, 4) is 0 Å². The highest BCUT2D eigenvalue weighted by Crippen LogP contribution is 2.27. The first kappa shape index (κ1) is 20.7. The van der Waals surface area contributed by atoms with Gasteiger partial charge in [-0.15, -0.1) is 0 Å². The van der Waals surface area contributed by atoms with Gasteiger partial charge in [0, 0.05) is 17.3 Å². The quantitative estimate of drug-likeness (QED) is 0.767. The van der Waals surface area contributed by atoms with E-state index in [0.29, 0.717) is 5.69 Å². The number of amides is 1. The fourth-order valence-electron chi connectivity index (χ4n) is 2.36. The predicted molar refractivity (Wildman–Crippen MR) is 105 cm³/mol. The van der Waals surface area contributed by atoms with Crippen molar-refractivity contribution in [1.29, 1.82) is 0 Å². The molecule has 26 heavy (non-hydrogen) atoms. The molecule has 0 aromatic heterocycles. The molecule has 8 heteroatoms. The van der Waals surface area contributed by atoms with E-state index in [4.69, 9.17) is 23.2 Å². The molecule has 0 atom stereocenters. The number of hydrogen-bond donors (Lipinski definition) is 1. The van der Waals surface area contributed by atoms with Crippen molar-refractivity contribution in [1.82, 2.24) is 4.31 Å². The summed E-state index contributed by atoms with van der Waals surface area (Å²) in [4.78, 5) is 12.2. The zero-order chi connectivity index (χ0) is 19.5. The molecular formula is C18H20Cl2N2O3S. The van der Waals surface area contributed by atoms with Crippen LogP contribution < -0.4 is 5.32 Å². The lowest BCUT2D eigenvalue weighted by molar-refractivity contribution is -0.116. The maximum Gasteiger partial charge on any atom is 0.245 e. The normalized spacial score (nSPS) is 11.6. The number of aryl methyl sites for hydroxylation is 2. The molecule has 1 amide bonds. The second-order valence-electron chi connectivity index (χ2n) is 5.85. The van der Waals surface area contributed by atoms with Crippen LogP contribution in [-0.4, -0.2) is 31.7 Å². The first-order valence-corrected chi connectivity index (χ1v) is 10.2. The first-order chi connectivity index (χ1) is 12.1. The summed E-state index contributed by atoms with van der Waals surface area (Å²) in [6, 6.07) is 9.71. The minimum atomic E-state index is -3.95. The monoisotopic (exact) mass is 414 g/mol. The molecule has 0 heterocycles. The van der Waals surface area contributed by atoms with Crippen molar-refractivity contribution < 1.29 is 13.2 Å². The number of carbonyl (C=O) groups excluding carboxylic acids is 1. The van der Waals surface area contributed by atoms with Crippen LogP contribution in [0.5, 0.6) is 0 Å². The van der Waals surface area contributed by atoms with Gasteiger partial charge in [0.25, 0.3) is 0 Å². The summed E-state index contributed by atoms with van der Waals surface area (Å²) in [5, 5.41) is 3.03. The maximum absolute atomic E-state index is 12.8. The number of halogens is 2. The van der Waals surface area contributed by atoms with Crippen molar-refractivity contribution in [3.05, 3.63) is 57.6 Å². The summed E-state index contributed by atoms with van der Waals surface area (Å²) in [5.41, 5.74) is 2.76. The second-order valence-corrected chi connectivity index (χ2v) is 8.60. The molecule has 0 aliphatic rings. The Hall–Kier alpha value is -1.60. The number of sulfonamides is 1. The molecule has 5 nitrogen and oxygen atoms in total. The van der Waals surface area contributed by atoms with Gasteiger partial charge in [-0.25, -0.2) is 8.42 Å². The van der Waals surface area contributed by atoms with Gasteiger partial charge in [0.2, 0.25) is 15.9 Å². The number of rotatable bonds is 6. The van der Waals surface area contributed by atoms with Gasteiger partial charge in [-0.05, 0) is 55.3 Å². The molecule has 1 N–H and O–H groups in total. The van der Waals surface area contributed by atoms with Crippen LogP contribution in [0.4, 0.5) is 5.69 Å². The van der Waals surface area contributed by atoms with Crippen LogP contribution in [0.25, 0.3) is 0 Å². The highest BCUT2D eigenvalue weighted by atomic mass is 35.5. The van der Waals surface area contributed by atoms with Crippen LogP contribution in [0.2, 0.25) is 10.0 Å². The third kappa shape index (κ3) is 4.76. The summed E-state index contributed by atoms with van der Waals surface area (Å²) in [5.74, 6) is -0.433. The van der Waals surface area contributed by atoms with Crippen molar-refractivity contribution in [2.24, 2.45) is 0 Å². The van der Waals surface area contributed by atoms with Gasteiger partial charge in [-0.1, -0.05) is 36.2 Å². The Bertz CT molecular complexity index is 930. The average Bonchev–Trinajstić information content (AvgIpc) is 2.58. The van der Waals surface area contributed by atoms with E-state index >= 15 is 0 Å². The Kier molecular flexibility index (Phi) is 6.69. The van der Waals surface area contributed by atoms with Crippen molar-refractivity contribution in [3.63, 3.8) is 0 Å². The van der Waals surface area contributed by atoms with E-state index in [1.165, 1.54) is 18.2 Å². The molecule has 0 spiro atoms. The summed E-state index contributed by atoms with van der Waals surface area (Å²) < 4.78 is 26.7. The van der Waals surface area contributed by atoms with Crippen LogP contribution in [0, 0.1) is 13.8 Å². The minimum absolute atomic E-state index is 0.0578. The molecule has 0 unspecified atom stereocenters. The van der Waals surface area contributed by atoms with Crippen LogP contribution >= 0.6 is 23.2 Å².